The number of urea groups is 1. The number of rotatable bonds is 11. The molecule has 62 heavy (non-hydrogen) atoms. The van der Waals surface area contributed by atoms with E-state index in [-0.39, 0.29) is 84.3 Å². The van der Waals surface area contributed by atoms with Crippen molar-refractivity contribution in [1.82, 2.24) is 34.9 Å². The molecule has 5 amide bonds. The normalized spacial score (nSPS) is 20.4. The second-order valence-electron chi connectivity index (χ2n) is 15.5. The number of alkyl halides is 5. The van der Waals surface area contributed by atoms with E-state index in [4.69, 9.17) is 4.42 Å². The molecule has 8 rings (SSSR count). The molecule has 23 heteroatoms. The van der Waals surface area contributed by atoms with Crippen molar-refractivity contribution in [3.8, 4) is 11.5 Å². The molecular formula is C39H40F7N11O5. The predicted octanol–water partition coefficient (Wildman–Crippen LogP) is 5.59. The Labute approximate surface area is 348 Å². The SMILES string of the molecule is O=C1CCN(c2c(F)cc(N3CC(C(=O)N4CCN(C5CCC(n6cc(NC(=O)c7coc(-c8ccnc(NCC(F)(F)F)c8)n7)c(C(F)F)n6)CC5)CC4)C3)cc2F)C(=O)N1. The molecule has 3 N–H and O–H groups in total. The average Bonchev–Trinajstić information content (AvgIpc) is 3.89. The van der Waals surface area contributed by atoms with Crippen molar-refractivity contribution in [2.45, 2.75) is 56.8 Å². The van der Waals surface area contributed by atoms with Gasteiger partial charge in [-0.3, -0.25) is 34.2 Å². The van der Waals surface area contributed by atoms with Gasteiger partial charge in [0.2, 0.25) is 17.7 Å². The van der Waals surface area contributed by atoms with Crippen LogP contribution in [0.4, 0.5) is 58.4 Å². The molecule has 4 aliphatic rings. The summed E-state index contributed by atoms with van der Waals surface area (Å²) in [5.74, 6) is -3.87. The molecule has 0 atom stereocenters. The Kier molecular flexibility index (Phi) is 11.8. The highest BCUT2D eigenvalue weighted by Crippen LogP contribution is 2.36. The van der Waals surface area contributed by atoms with Crippen molar-refractivity contribution in [2.75, 3.05) is 72.8 Å². The second kappa shape index (κ2) is 17.2. The van der Waals surface area contributed by atoms with Crippen molar-refractivity contribution < 1.29 is 54.3 Å². The third-order valence-corrected chi connectivity index (χ3v) is 11.5. The number of carbonyl (C=O) groups is 4. The topological polar surface area (TPSA) is 174 Å². The van der Waals surface area contributed by atoms with Crippen LogP contribution >= 0.6 is 0 Å². The maximum atomic E-state index is 15.0. The first-order chi connectivity index (χ1) is 29.6. The highest BCUT2D eigenvalue weighted by molar-refractivity contribution is 6.06. The van der Waals surface area contributed by atoms with Crippen molar-refractivity contribution in [3.05, 3.63) is 65.9 Å². The van der Waals surface area contributed by atoms with Crippen LogP contribution in [0.15, 0.2) is 47.3 Å². The number of carbonyl (C=O) groups excluding carboxylic acids is 4. The fourth-order valence-electron chi connectivity index (χ4n) is 8.27. The number of benzene rings is 1. The number of halogens is 7. The zero-order valence-electron chi connectivity index (χ0n) is 32.8. The molecule has 0 spiro atoms. The number of hydrogen-bond acceptors (Lipinski definition) is 11. The second-order valence-corrected chi connectivity index (χ2v) is 15.5. The Morgan fingerprint density at radius 1 is 0.952 bits per heavy atom. The van der Waals surface area contributed by atoms with Gasteiger partial charge < -0.3 is 24.9 Å². The van der Waals surface area contributed by atoms with Crippen molar-refractivity contribution >= 4 is 46.6 Å². The van der Waals surface area contributed by atoms with Gasteiger partial charge in [0.15, 0.2) is 23.0 Å². The quantitative estimate of drug-likeness (QED) is 0.161. The number of hydrogen-bond donors (Lipinski definition) is 3. The monoisotopic (exact) mass is 875 g/mol. The molecule has 16 nitrogen and oxygen atoms in total. The molecule has 3 aromatic heterocycles. The van der Waals surface area contributed by atoms with E-state index in [0.717, 1.165) is 36.1 Å². The Morgan fingerprint density at radius 3 is 2.31 bits per heavy atom. The van der Waals surface area contributed by atoms with Crippen molar-refractivity contribution in [2.24, 2.45) is 5.92 Å². The lowest BCUT2D eigenvalue weighted by Gasteiger charge is -2.45. The van der Waals surface area contributed by atoms with E-state index in [1.54, 1.807) is 9.80 Å². The molecule has 4 fully saturated rings. The molecule has 3 saturated heterocycles. The number of aromatic nitrogens is 4. The number of anilines is 4. The number of pyridine rings is 1. The minimum absolute atomic E-state index is 0.0413. The fourth-order valence-corrected chi connectivity index (χ4v) is 8.27. The van der Waals surface area contributed by atoms with Crippen LogP contribution in [-0.2, 0) is 9.59 Å². The zero-order chi connectivity index (χ0) is 43.9. The molecule has 1 aliphatic carbocycles. The smallest absolute Gasteiger partial charge is 0.405 e. The van der Waals surface area contributed by atoms with E-state index in [2.05, 4.69) is 30.6 Å². The summed E-state index contributed by atoms with van der Waals surface area (Å²) < 4.78 is 103. The number of amides is 5. The third-order valence-electron chi connectivity index (χ3n) is 11.5. The van der Waals surface area contributed by atoms with Gasteiger partial charge in [-0.15, -0.1) is 0 Å². The molecule has 1 aromatic carbocycles. The zero-order valence-corrected chi connectivity index (χ0v) is 32.8. The average molecular weight is 876 g/mol. The number of piperazine rings is 1. The first-order valence-electron chi connectivity index (χ1n) is 19.9. The Morgan fingerprint density at radius 2 is 1.65 bits per heavy atom. The van der Waals surface area contributed by atoms with Gasteiger partial charge in [-0.2, -0.15) is 18.3 Å². The minimum Gasteiger partial charge on any atom is -0.444 e. The number of oxazole rings is 1. The van der Waals surface area contributed by atoms with Gasteiger partial charge in [0, 0.05) is 81.9 Å². The lowest BCUT2D eigenvalue weighted by molar-refractivity contribution is -0.138. The van der Waals surface area contributed by atoms with Crippen LogP contribution in [0.3, 0.4) is 0 Å². The first kappa shape index (κ1) is 42.4. The van der Waals surface area contributed by atoms with E-state index >= 15 is 8.78 Å². The summed E-state index contributed by atoms with van der Waals surface area (Å²) in [5.41, 5.74) is -1.14. The summed E-state index contributed by atoms with van der Waals surface area (Å²) >= 11 is 0. The minimum atomic E-state index is -4.47. The van der Waals surface area contributed by atoms with Crippen LogP contribution < -0.4 is 25.8 Å². The van der Waals surface area contributed by atoms with Crippen LogP contribution in [-0.4, -0.2) is 118 Å². The summed E-state index contributed by atoms with van der Waals surface area (Å²) in [4.78, 5) is 64.6. The van der Waals surface area contributed by atoms with Gasteiger partial charge in [-0.05, 0) is 49.9 Å². The van der Waals surface area contributed by atoms with E-state index < -0.39 is 60.0 Å². The van der Waals surface area contributed by atoms with E-state index in [1.165, 1.54) is 29.2 Å². The van der Waals surface area contributed by atoms with Gasteiger partial charge in [-0.1, -0.05) is 0 Å². The van der Waals surface area contributed by atoms with Gasteiger partial charge in [0.05, 0.1) is 17.6 Å². The fraction of sp³-hybridized carbons (Fsp3) is 0.462. The van der Waals surface area contributed by atoms with E-state index in [0.29, 0.717) is 39.0 Å². The highest BCUT2D eigenvalue weighted by Gasteiger charge is 2.39. The molecule has 0 bridgehead atoms. The Balaban J connectivity index is 0.800. The van der Waals surface area contributed by atoms with Crippen LogP contribution in [0, 0.1) is 17.6 Å². The predicted molar refractivity (Wildman–Crippen MR) is 206 cm³/mol. The van der Waals surface area contributed by atoms with Crippen LogP contribution in [0.25, 0.3) is 11.5 Å². The molecule has 0 unspecified atom stereocenters. The summed E-state index contributed by atoms with van der Waals surface area (Å²) in [6, 6.07) is 4.00. The van der Waals surface area contributed by atoms with Crippen molar-refractivity contribution in [1.29, 1.82) is 0 Å². The summed E-state index contributed by atoms with van der Waals surface area (Å²) in [6.45, 7) is 1.37. The maximum absolute atomic E-state index is 15.0. The third kappa shape index (κ3) is 9.16. The van der Waals surface area contributed by atoms with Gasteiger partial charge in [0.25, 0.3) is 12.3 Å². The number of nitrogens with zero attached hydrogens (tertiary/aromatic N) is 8. The molecule has 330 valence electrons. The highest BCUT2D eigenvalue weighted by atomic mass is 19.4. The van der Waals surface area contributed by atoms with Gasteiger partial charge in [-0.25, -0.2) is 32.3 Å². The standard InChI is InChI=1S/C39H40F7N11O5/c40-26-14-25(15-27(41)33(26)56-8-6-31(58)51-38(56)61)55-16-22(17-55)37(60)54-11-9-53(10-12-54)23-1-3-24(4-2-23)57-18-28(32(52-57)34(42)43)49-35(59)29-19-62-36(50-29)21-5-7-47-30(13-21)48-20-39(44,45)46/h5,7,13-15,18-19,22-24,34H,1-4,6,8-12,16-17,20H2,(H,47,48)(H,49,59)(H,51,58,61). The maximum Gasteiger partial charge on any atom is 0.405 e. The first-order valence-corrected chi connectivity index (χ1v) is 19.9. The number of imide groups is 1. The largest absolute Gasteiger partial charge is 0.444 e. The van der Waals surface area contributed by atoms with Gasteiger partial charge in [0.1, 0.15) is 24.3 Å². The van der Waals surface area contributed by atoms with E-state index in [9.17, 15) is 41.1 Å². The molecule has 6 heterocycles. The Bertz CT molecular complexity index is 2310. The summed E-state index contributed by atoms with van der Waals surface area (Å²) in [5, 5.41) is 10.7. The van der Waals surface area contributed by atoms with Crippen molar-refractivity contribution in [3.63, 3.8) is 0 Å². The van der Waals surface area contributed by atoms with Crippen LogP contribution in [0.5, 0.6) is 0 Å². The summed E-state index contributed by atoms with van der Waals surface area (Å²) in [7, 11) is 0. The summed E-state index contributed by atoms with van der Waals surface area (Å²) in [6.07, 6.45) is -1.21. The lowest BCUT2D eigenvalue weighted by atomic mass is 9.89. The molecule has 3 aliphatic heterocycles. The molecule has 0 radical (unpaired) electrons. The molecule has 4 aromatic rings. The number of nitrogens with one attached hydrogen (secondary N) is 3. The van der Waals surface area contributed by atoms with Crippen LogP contribution in [0.2, 0.25) is 0 Å². The van der Waals surface area contributed by atoms with Gasteiger partial charge >= 0.3 is 12.2 Å². The Hall–Kier alpha value is -6.26. The van der Waals surface area contributed by atoms with Crippen LogP contribution in [0.1, 0.15) is 60.8 Å². The lowest BCUT2D eigenvalue weighted by Crippen LogP contribution is -2.59. The molecular weight excluding hydrogens is 835 g/mol. The van der Waals surface area contributed by atoms with E-state index in [1.807, 2.05) is 5.32 Å². The molecule has 1 saturated carbocycles.